The Morgan fingerprint density at radius 3 is 1.46 bits per heavy atom. The van der Waals surface area contributed by atoms with E-state index in [1.165, 1.54) is 25.7 Å². The van der Waals surface area contributed by atoms with E-state index >= 15 is 0 Å². The van der Waals surface area contributed by atoms with Gasteiger partial charge in [-0.3, -0.25) is 9.59 Å². The predicted octanol–water partition coefficient (Wildman–Crippen LogP) is 4.33. The lowest BCUT2D eigenvalue weighted by Gasteiger charge is -2.17. The summed E-state index contributed by atoms with van der Waals surface area (Å²) in [6.07, 6.45) is 10.4. The van der Waals surface area contributed by atoms with Crippen LogP contribution in [0.3, 0.4) is 0 Å². The molecule has 0 bridgehead atoms. The fourth-order valence-electron chi connectivity index (χ4n) is 3.83. The number of hydrogen-bond donors (Lipinski definition) is 0. The number of carbonyl (C=O) groups excluding carboxylic acids is 2. The zero-order valence-electron chi connectivity index (χ0n) is 17.7. The highest BCUT2D eigenvalue weighted by molar-refractivity contribution is 5.70. The van der Waals surface area contributed by atoms with Gasteiger partial charge < -0.3 is 18.9 Å². The number of esters is 2. The van der Waals surface area contributed by atoms with Crippen LogP contribution in [0.2, 0.25) is 0 Å². The minimum absolute atomic E-state index is 0.193. The third kappa shape index (κ3) is 7.70. The summed E-state index contributed by atoms with van der Waals surface area (Å²) in [6, 6.07) is 0. The molecule has 0 aromatic rings. The van der Waals surface area contributed by atoms with Gasteiger partial charge in [-0.05, 0) is 12.8 Å². The molecule has 0 radical (unpaired) electrons. The van der Waals surface area contributed by atoms with Gasteiger partial charge in [0.25, 0.3) is 0 Å². The molecule has 2 heterocycles. The Kier molecular flexibility index (Phi) is 10.9. The highest BCUT2D eigenvalue weighted by atomic mass is 16.7. The first kappa shape index (κ1) is 23.1. The van der Waals surface area contributed by atoms with E-state index in [1.54, 1.807) is 0 Å². The molecule has 0 saturated carbocycles. The highest BCUT2D eigenvalue weighted by Gasteiger charge is 2.51. The quantitative estimate of drug-likeness (QED) is 0.320. The third-order valence-electron chi connectivity index (χ3n) is 5.50. The average Bonchev–Trinajstić information content (AvgIpc) is 3.25. The van der Waals surface area contributed by atoms with Crippen LogP contribution in [0.4, 0.5) is 0 Å². The molecule has 2 aliphatic heterocycles. The molecule has 28 heavy (non-hydrogen) atoms. The maximum Gasteiger partial charge on any atom is 0.306 e. The van der Waals surface area contributed by atoms with Gasteiger partial charge in [0.05, 0.1) is 13.2 Å². The van der Waals surface area contributed by atoms with Crippen molar-refractivity contribution in [3.63, 3.8) is 0 Å². The number of rotatable bonds is 14. The standard InChI is InChI=1S/C22H38O6/c1-3-5-7-9-11-13-19(23)27-17-15-25-22-18(16-26-21(17)22)28-20(24)14-12-10-8-6-4-2/h17-18,21-22H,3-16H2,1-2H3/t17-,18-,21?,22?/m1/s1. The van der Waals surface area contributed by atoms with Crippen LogP contribution < -0.4 is 0 Å². The van der Waals surface area contributed by atoms with Gasteiger partial charge >= 0.3 is 11.9 Å². The van der Waals surface area contributed by atoms with E-state index in [2.05, 4.69) is 13.8 Å². The molecule has 162 valence electrons. The molecule has 2 saturated heterocycles. The molecule has 0 aromatic carbocycles. The zero-order chi connectivity index (χ0) is 20.2. The average molecular weight is 399 g/mol. The lowest BCUT2D eigenvalue weighted by atomic mass is 10.1. The van der Waals surface area contributed by atoms with Crippen molar-refractivity contribution < 1.29 is 28.5 Å². The van der Waals surface area contributed by atoms with Gasteiger partial charge in [0.1, 0.15) is 12.2 Å². The van der Waals surface area contributed by atoms with E-state index < -0.39 is 12.2 Å². The SMILES string of the molecule is CCCCCCCC(=O)O[C@@H]1COC2C1OC[C@H]2OC(=O)CCCCCCC. The second-order valence-electron chi connectivity index (χ2n) is 7.98. The van der Waals surface area contributed by atoms with E-state index in [0.717, 1.165) is 38.5 Å². The summed E-state index contributed by atoms with van der Waals surface area (Å²) in [6.45, 7) is 4.96. The van der Waals surface area contributed by atoms with Crippen LogP contribution in [0, 0.1) is 0 Å². The third-order valence-corrected chi connectivity index (χ3v) is 5.50. The molecule has 2 fully saturated rings. The van der Waals surface area contributed by atoms with Crippen molar-refractivity contribution in [2.45, 2.75) is 115 Å². The van der Waals surface area contributed by atoms with E-state index in [4.69, 9.17) is 18.9 Å². The minimum Gasteiger partial charge on any atom is -0.457 e. The summed E-state index contributed by atoms with van der Waals surface area (Å²) in [5.41, 5.74) is 0. The number of carbonyl (C=O) groups is 2. The first-order chi connectivity index (χ1) is 13.7. The lowest BCUT2D eigenvalue weighted by Crippen LogP contribution is -2.35. The molecule has 2 unspecified atom stereocenters. The number of fused-ring (bicyclic) bond motifs is 1. The number of hydrogen-bond acceptors (Lipinski definition) is 6. The van der Waals surface area contributed by atoms with Crippen LogP contribution in [-0.4, -0.2) is 49.6 Å². The zero-order valence-corrected chi connectivity index (χ0v) is 17.7. The van der Waals surface area contributed by atoms with Crippen molar-refractivity contribution in [3.8, 4) is 0 Å². The summed E-state index contributed by atoms with van der Waals surface area (Å²) in [5.74, 6) is -0.385. The number of unbranched alkanes of at least 4 members (excludes halogenated alkanes) is 8. The van der Waals surface area contributed by atoms with E-state index in [-0.39, 0.29) is 24.1 Å². The first-order valence-electron chi connectivity index (χ1n) is 11.3. The summed E-state index contributed by atoms with van der Waals surface area (Å²) < 4.78 is 22.6. The van der Waals surface area contributed by atoms with Gasteiger partial charge in [0.15, 0.2) is 12.2 Å². The van der Waals surface area contributed by atoms with Crippen LogP contribution in [-0.2, 0) is 28.5 Å². The van der Waals surface area contributed by atoms with E-state index in [9.17, 15) is 9.59 Å². The summed E-state index contributed by atoms with van der Waals surface area (Å²) in [4.78, 5) is 24.1. The molecule has 6 heteroatoms. The molecule has 0 aliphatic carbocycles. The maximum absolute atomic E-state index is 12.1. The molecule has 0 amide bonds. The van der Waals surface area contributed by atoms with Crippen LogP contribution >= 0.6 is 0 Å². The Labute approximate surface area is 169 Å². The molecule has 2 rings (SSSR count). The van der Waals surface area contributed by atoms with Crippen molar-refractivity contribution >= 4 is 11.9 Å². The predicted molar refractivity (Wildman–Crippen MR) is 106 cm³/mol. The van der Waals surface area contributed by atoms with Crippen LogP contribution in [0.15, 0.2) is 0 Å². The normalized spacial score (nSPS) is 26.2. The van der Waals surface area contributed by atoms with Gasteiger partial charge in [0.2, 0.25) is 0 Å². The molecule has 0 N–H and O–H groups in total. The second-order valence-corrected chi connectivity index (χ2v) is 7.98. The molecular weight excluding hydrogens is 360 g/mol. The monoisotopic (exact) mass is 398 g/mol. The summed E-state index contributed by atoms with van der Waals surface area (Å²) in [5, 5.41) is 0. The topological polar surface area (TPSA) is 71.1 Å². The Morgan fingerprint density at radius 2 is 1.07 bits per heavy atom. The first-order valence-corrected chi connectivity index (χ1v) is 11.3. The fraction of sp³-hybridized carbons (Fsp3) is 0.909. The Bertz CT molecular complexity index is 424. The highest BCUT2D eigenvalue weighted by Crippen LogP contribution is 2.31. The van der Waals surface area contributed by atoms with Gasteiger partial charge in [-0.2, -0.15) is 0 Å². The second kappa shape index (κ2) is 13.2. The maximum atomic E-state index is 12.1. The van der Waals surface area contributed by atoms with Gasteiger partial charge in [-0.1, -0.05) is 65.2 Å². The van der Waals surface area contributed by atoms with Crippen LogP contribution in [0.1, 0.15) is 90.9 Å². The van der Waals surface area contributed by atoms with Crippen LogP contribution in [0.5, 0.6) is 0 Å². The summed E-state index contributed by atoms with van der Waals surface area (Å²) >= 11 is 0. The molecular formula is C22H38O6. The van der Waals surface area contributed by atoms with Crippen molar-refractivity contribution in [2.24, 2.45) is 0 Å². The summed E-state index contributed by atoms with van der Waals surface area (Å²) in [7, 11) is 0. The Hall–Kier alpha value is -1.14. The Morgan fingerprint density at radius 1 is 0.679 bits per heavy atom. The van der Waals surface area contributed by atoms with Crippen molar-refractivity contribution in [2.75, 3.05) is 13.2 Å². The molecule has 6 nitrogen and oxygen atoms in total. The largest absolute Gasteiger partial charge is 0.457 e. The number of ether oxygens (including phenoxy) is 4. The minimum atomic E-state index is -0.397. The van der Waals surface area contributed by atoms with E-state index in [0.29, 0.717) is 26.1 Å². The van der Waals surface area contributed by atoms with E-state index in [1.807, 2.05) is 0 Å². The van der Waals surface area contributed by atoms with Gasteiger partial charge in [0, 0.05) is 12.8 Å². The smallest absolute Gasteiger partial charge is 0.306 e. The molecule has 4 atom stereocenters. The Balaban J connectivity index is 1.63. The van der Waals surface area contributed by atoms with Crippen molar-refractivity contribution in [1.29, 1.82) is 0 Å². The molecule has 2 aliphatic rings. The van der Waals surface area contributed by atoms with Crippen LogP contribution in [0.25, 0.3) is 0 Å². The molecule has 0 spiro atoms. The lowest BCUT2D eigenvalue weighted by molar-refractivity contribution is -0.155. The van der Waals surface area contributed by atoms with Crippen molar-refractivity contribution in [1.82, 2.24) is 0 Å². The van der Waals surface area contributed by atoms with Gasteiger partial charge in [-0.15, -0.1) is 0 Å². The molecule has 0 aromatic heterocycles. The fourth-order valence-corrected chi connectivity index (χ4v) is 3.83. The van der Waals surface area contributed by atoms with Crippen molar-refractivity contribution in [3.05, 3.63) is 0 Å². The van der Waals surface area contributed by atoms with Gasteiger partial charge in [-0.25, -0.2) is 0 Å².